The summed E-state index contributed by atoms with van der Waals surface area (Å²) in [7, 11) is 0. The molecule has 0 saturated heterocycles. The minimum Gasteiger partial charge on any atom is -0.386 e. The van der Waals surface area contributed by atoms with Crippen LogP contribution in [-0.4, -0.2) is 9.94 Å². The van der Waals surface area contributed by atoms with Gasteiger partial charge in [-0.15, -0.1) is 23.2 Å². The molecule has 0 aromatic heterocycles. The molecule has 1 rings (SSSR count). The van der Waals surface area contributed by atoms with E-state index in [9.17, 15) is 5.11 Å². The van der Waals surface area contributed by atoms with Crippen LogP contribution in [0.5, 0.6) is 0 Å². The largest absolute Gasteiger partial charge is 0.386 e. The number of aliphatic hydroxyl groups is 1. The van der Waals surface area contributed by atoms with Gasteiger partial charge in [-0.1, -0.05) is 23.7 Å². The molecule has 1 atom stereocenters. The van der Waals surface area contributed by atoms with E-state index in [0.29, 0.717) is 10.6 Å². The smallest absolute Gasteiger partial charge is 0.137 e. The summed E-state index contributed by atoms with van der Waals surface area (Å²) in [5, 5.41) is 9.96. The molecule has 0 unspecified atom stereocenters. The zero-order chi connectivity index (χ0) is 9.14. The van der Waals surface area contributed by atoms with Crippen molar-refractivity contribution in [2.45, 2.75) is 10.9 Å². The molecular weight excluding hydrogens is 218 g/mol. The van der Waals surface area contributed by atoms with Crippen molar-refractivity contribution in [3.63, 3.8) is 0 Å². The topological polar surface area (TPSA) is 20.2 Å². The second-order valence-electron chi connectivity index (χ2n) is 2.33. The Kier molecular flexibility index (Phi) is 3.66. The van der Waals surface area contributed by atoms with Crippen LogP contribution in [0.25, 0.3) is 0 Å². The van der Waals surface area contributed by atoms with E-state index in [0.717, 1.165) is 0 Å². The lowest BCUT2D eigenvalue weighted by Gasteiger charge is -2.11. The fourth-order valence-electron chi connectivity index (χ4n) is 0.836. The number of hydrogen-bond donors (Lipinski definition) is 1. The van der Waals surface area contributed by atoms with Gasteiger partial charge in [0.25, 0.3) is 0 Å². The van der Waals surface area contributed by atoms with Crippen molar-refractivity contribution in [1.29, 1.82) is 0 Å². The maximum Gasteiger partial charge on any atom is 0.137 e. The summed E-state index contributed by atoms with van der Waals surface area (Å²) in [5.74, 6) is 0. The lowest BCUT2D eigenvalue weighted by atomic mass is 10.1. The maximum atomic E-state index is 9.40. The second kappa shape index (κ2) is 4.33. The fraction of sp³-hybridized carbons (Fsp3) is 0.250. The Morgan fingerprint density at radius 3 is 2.42 bits per heavy atom. The highest BCUT2D eigenvalue weighted by Gasteiger charge is 2.15. The number of halogens is 3. The third-order valence-corrected chi connectivity index (χ3v) is 2.14. The predicted molar refractivity (Wildman–Crippen MR) is 51.9 cm³/mol. The van der Waals surface area contributed by atoms with Crippen LogP contribution >= 0.6 is 34.8 Å². The summed E-state index contributed by atoms with van der Waals surface area (Å²) >= 11 is 16.7. The molecule has 1 N–H and O–H groups in total. The standard InChI is InChI=1S/C8H7Cl3O/c9-6-3-1-2-5(4-6)7(12)8(10)11/h1-4,7-8,12H/t7-/m1/s1. The molecule has 0 saturated carbocycles. The van der Waals surface area contributed by atoms with Crippen molar-refractivity contribution >= 4 is 34.8 Å². The summed E-state index contributed by atoms with van der Waals surface area (Å²) in [6.45, 7) is 0. The van der Waals surface area contributed by atoms with E-state index in [4.69, 9.17) is 34.8 Å². The third-order valence-electron chi connectivity index (χ3n) is 1.43. The molecule has 0 aliphatic heterocycles. The number of alkyl halides is 2. The van der Waals surface area contributed by atoms with Crippen molar-refractivity contribution in [2.75, 3.05) is 0 Å². The zero-order valence-electron chi connectivity index (χ0n) is 6.05. The Hall–Kier alpha value is 0.0500. The van der Waals surface area contributed by atoms with Gasteiger partial charge in [-0.2, -0.15) is 0 Å². The molecule has 0 heterocycles. The van der Waals surface area contributed by atoms with Crippen molar-refractivity contribution in [3.05, 3.63) is 34.9 Å². The molecule has 0 amide bonds. The molecule has 0 spiro atoms. The maximum absolute atomic E-state index is 9.40. The summed E-state index contributed by atoms with van der Waals surface area (Å²) in [5.41, 5.74) is 0.623. The molecule has 66 valence electrons. The van der Waals surface area contributed by atoms with Crippen LogP contribution in [0.3, 0.4) is 0 Å². The van der Waals surface area contributed by atoms with Gasteiger partial charge >= 0.3 is 0 Å². The van der Waals surface area contributed by atoms with Gasteiger partial charge in [-0.3, -0.25) is 0 Å². The van der Waals surface area contributed by atoms with Crippen LogP contribution in [-0.2, 0) is 0 Å². The molecule has 1 aromatic carbocycles. The number of hydrogen-bond acceptors (Lipinski definition) is 1. The molecule has 0 radical (unpaired) electrons. The average Bonchev–Trinajstić information content (AvgIpc) is 2.03. The SMILES string of the molecule is O[C@H](c1cccc(Cl)c1)C(Cl)Cl. The summed E-state index contributed by atoms with van der Waals surface area (Å²) in [4.78, 5) is -0.830. The third kappa shape index (κ3) is 2.53. The summed E-state index contributed by atoms with van der Waals surface area (Å²) in [6, 6.07) is 6.80. The van der Waals surface area contributed by atoms with Crippen LogP contribution in [0.4, 0.5) is 0 Å². The number of rotatable bonds is 2. The van der Waals surface area contributed by atoms with Gasteiger partial charge in [0.05, 0.1) is 0 Å². The first-order chi connectivity index (χ1) is 5.61. The molecule has 4 heteroatoms. The first kappa shape index (κ1) is 10.1. The van der Waals surface area contributed by atoms with E-state index < -0.39 is 10.9 Å². The quantitative estimate of drug-likeness (QED) is 0.767. The van der Waals surface area contributed by atoms with E-state index >= 15 is 0 Å². The van der Waals surface area contributed by atoms with Crippen molar-refractivity contribution in [2.24, 2.45) is 0 Å². The average molecular weight is 226 g/mol. The second-order valence-corrected chi connectivity index (χ2v) is 3.93. The normalized spacial score (nSPS) is 13.4. The summed E-state index contributed by atoms with van der Waals surface area (Å²) < 4.78 is 0. The Bertz CT molecular complexity index is 262. The lowest BCUT2D eigenvalue weighted by Crippen LogP contribution is -2.05. The first-order valence-electron chi connectivity index (χ1n) is 3.33. The Balaban J connectivity index is 2.88. The van der Waals surface area contributed by atoms with E-state index in [2.05, 4.69) is 0 Å². The number of benzene rings is 1. The highest BCUT2D eigenvalue weighted by atomic mass is 35.5. The van der Waals surface area contributed by atoms with Crippen LogP contribution < -0.4 is 0 Å². The molecular formula is C8H7Cl3O. The van der Waals surface area contributed by atoms with Gasteiger partial charge in [0, 0.05) is 5.02 Å². The van der Waals surface area contributed by atoms with Crippen molar-refractivity contribution in [1.82, 2.24) is 0 Å². The molecule has 0 aliphatic rings. The van der Waals surface area contributed by atoms with E-state index in [1.54, 1.807) is 24.3 Å². The van der Waals surface area contributed by atoms with Crippen molar-refractivity contribution in [3.8, 4) is 0 Å². The van der Waals surface area contributed by atoms with Gasteiger partial charge in [-0.05, 0) is 17.7 Å². The molecule has 12 heavy (non-hydrogen) atoms. The van der Waals surface area contributed by atoms with Gasteiger partial charge in [0.2, 0.25) is 0 Å². The monoisotopic (exact) mass is 224 g/mol. The minimum absolute atomic E-state index is 0.556. The van der Waals surface area contributed by atoms with Gasteiger partial charge in [0.1, 0.15) is 10.9 Å². The molecule has 1 nitrogen and oxygen atoms in total. The van der Waals surface area contributed by atoms with Gasteiger partial charge in [0.15, 0.2) is 0 Å². The van der Waals surface area contributed by atoms with Gasteiger partial charge < -0.3 is 5.11 Å². The lowest BCUT2D eigenvalue weighted by molar-refractivity contribution is 0.193. The highest BCUT2D eigenvalue weighted by molar-refractivity contribution is 6.44. The molecule has 1 aromatic rings. The van der Waals surface area contributed by atoms with E-state index in [-0.39, 0.29) is 0 Å². The Morgan fingerprint density at radius 2 is 1.92 bits per heavy atom. The van der Waals surface area contributed by atoms with Gasteiger partial charge in [-0.25, -0.2) is 0 Å². The van der Waals surface area contributed by atoms with Crippen LogP contribution in [0.15, 0.2) is 24.3 Å². The number of aliphatic hydroxyl groups excluding tert-OH is 1. The summed E-state index contributed by atoms with van der Waals surface area (Å²) in [6.07, 6.45) is -0.882. The Labute approximate surface area is 85.9 Å². The molecule has 0 fully saturated rings. The van der Waals surface area contributed by atoms with Crippen LogP contribution in [0, 0.1) is 0 Å². The van der Waals surface area contributed by atoms with Crippen molar-refractivity contribution < 1.29 is 5.11 Å². The van der Waals surface area contributed by atoms with E-state index in [1.165, 1.54) is 0 Å². The molecule has 0 bridgehead atoms. The fourth-order valence-corrected chi connectivity index (χ4v) is 1.33. The van der Waals surface area contributed by atoms with Crippen LogP contribution in [0.2, 0.25) is 5.02 Å². The minimum atomic E-state index is -0.882. The predicted octanol–water partition coefficient (Wildman–Crippen LogP) is 3.18. The highest BCUT2D eigenvalue weighted by Crippen LogP contribution is 2.25. The Morgan fingerprint density at radius 1 is 1.25 bits per heavy atom. The van der Waals surface area contributed by atoms with E-state index in [1.807, 2.05) is 0 Å². The molecule has 0 aliphatic carbocycles. The zero-order valence-corrected chi connectivity index (χ0v) is 8.31. The van der Waals surface area contributed by atoms with Crippen LogP contribution in [0.1, 0.15) is 11.7 Å². The first-order valence-corrected chi connectivity index (χ1v) is 4.58.